The number of aryl methyl sites for hydroxylation is 1. The number of anilines is 1. The number of rotatable bonds is 5. The lowest BCUT2D eigenvalue weighted by Gasteiger charge is -2.44. The molecule has 3 N–H and O–H groups in total. The molecular weight excluding hydrogens is 402 g/mol. The molecule has 7 nitrogen and oxygen atoms in total. The lowest BCUT2D eigenvalue weighted by atomic mass is 9.85. The summed E-state index contributed by atoms with van der Waals surface area (Å²) >= 11 is 0. The first-order chi connectivity index (χ1) is 15.2. The summed E-state index contributed by atoms with van der Waals surface area (Å²) in [6, 6.07) is 12.3. The molecule has 0 spiro atoms. The van der Waals surface area contributed by atoms with Crippen molar-refractivity contribution in [3.8, 4) is 34.0 Å². The molecule has 1 fully saturated rings. The van der Waals surface area contributed by atoms with Crippen LogP contribution in [0.15, 0.2) is 36.4 Å². The number of benzene rings is 1. The van der Waals surface area contributed by atoms with Gasteiger partial charge in [0.25, 0.3) is 0 Å². The predicted molar refractivity (Wildman–Crippen MR) is 128 cm³/mol. The number of nitrogens with zero attached hydrogens (tertiary/aromatic N) is 3. The molecule has 2 unspecified atom stereocenters. The number of aromatic hydroxyl groups is 1. The predicted octanol–water partition coefficient (Wildman–Crippen LogP) is 4.52. The lowest BCUT2D eigenvalue weighted by Crippen LogP contribution is -2.56. The Bertz CT molecular complexity index is 1090. The third kappa shape index (κ3) is 4.43. The van der Waals surface area contributed by atoms with Crippen LogP contribution >= 0.6 is 0 Å². The van der Waals surface area contributed by atoms with Gasteiger partial charge in [-0.1, -0.05) is 0 Å². The summed E-state index contributed by atoms with van der Waals surface area (Å²) in [5, 5.41) is 23.4. The van der Waals surface area contributed by atoms with Crippen LogP contribution < -0.4 is 15.0 Å². The van der Waals surface area contributed by atoms with Gasteiger partial charge >= 0.3 is 0 Å². The second-order valence-corrected chi connectivity index (χ2v) is 9.54. The van der Waals surface area contributed by atoms with Crippen molar-refractivity contribution >= 4 is 5.82 Å². The van der Waals surface area contributed by atoms with Crippen molar-refractivity contribution in [3.05, 3.63) is 42.1 Å². The van der Waals surface area contributed by atoms with Crippen molar-refractivity contribution in [2.45, 2.75) is 58.2 Å². The Labute approximate surface area is 189 Å². The minimum Gasteiger partial charge on any atom is -0.507 e. The van der Waals surface area contributed by atoms with Crippen LogP contribution in [0.25, 0.3) is 22.5 Å². The SMILES string of the molecule is COc1cc(-c2ccc(C)[nH]2)cc(O)c1-c1ccc(N(C)C2CC(C)NC(C)(C)C2)nn1. The second-order valence-electron chi connectivity index (χ2n) is 9.54. The smallest absolute Gasteiger partial charge is 0.151 e. The van der Waals surface area contributed by atoms with Gasteiger partial charge in [0.2, 0.25) is 0 Å². The fourth-order valence-corrected chi connectivity index (χ4v) is 4.84. The molecule has 2 aromatic heterocycles. The average Bonchev–Trinajstić information content (AvgIpc) is 3.17. The zero-order valence-corrected chi connectivity index (χ0v) is 19.7. The molecule has 3 heterocycles. The Hall–Kier alpha value is -3.06. The Morgan fingerprint density at radius 3 is 2.53 bits per heavy atom. The molecule has 0 aliphatic carbocycles. The minimum absolute atomic E-state index is 0.0859. The minimum atomic E-state index is 0.0859. The average molecular weight is 436 g/mol. The van der Waals surface area contributed by atoms with Crippen molar-refractivity contribution in [2.24, 2.45) is 0 Å². The van der Waals surface area contributed by atoms with E-state index in [4.69, 9.17) is 4.74 Å². The number of phenols is 1. The highest BCUT2D eigenvalue weighted by Crippen LogP contribution is 2.40. The summed E-state index contributed by atoms with van der Waals surface area (Å²) < 4.78 is 5.60. The number of piperidine rings is 1. The van der Waals surface area contributed by atoms with Gasteiger partial charge in [0.1, 0.15) is 17.2 Å². The van der Waals surface area contributed by atoms with E-state index in [-0.39, 0.29) is 11.3 Å². The van der Waals surface area contributed by atoms with Crippen molar-refractivity contribution < 1.29 is 9.84 Å². The van der Waals surface area contributed by atoms with E-state index in [1.165, 1.54) is 0 Å². The molecule has 1 aromatic carbocycles. The number of aromatic amines is 1. The molecule has 0 saturated carbocycles. The van der Waals surface area contributed by atoms with Crippen molar-refractivity contribution in [3.63, 3.8) is 0 Å². The van der Waals surface area contributed by atoms with E-state index in [1.807, 2.05) is 37.3 Å². The van der Waals surface area contributed by atoms with Crippen LogP contribution in [-0.4, -0.2) is 52.1 Å². The number of aromatic nitrogens is 3. The Kier molecular flexibility index (Phi) is 5.86. The first-order valence-corrected chi connectivity index (χ1v) is 11.1. The standard InChI is InChI=1S/C25H33N5O2/c1-15-7-8-19(26-15)17-12-21(31)24(22(13-17)32-6)20-9-10-23(29-28-20)30(5)18-11-16(2)27-25(3,4)14-18/h7-10,12-13,16,18,26-27,31H,11,14H2,1-6H3. The summed E-state index contributed by atoms with van der Waals surface area (Å²) in [6.07, 6.45) is 2.09. The number of hydrogen-bond donors (Lipinski definition) is 3. The molecule has 170 valence electrons. The zero-order chi connectivity index (χ0) is 23.0. The van der Waals surface area contributed by atoms with Gasteiger partial charge in [-0.05, 0) is 76.9 Å². The third-order valence-electron chi connectivity index (χ3n) is 6.27. The summed E-state index contributed by atoms with van der Waals surface area (Å²) in [4.78, 5) is 5.50. The highest BCUT2D eigenvalue weighted by molar-refractivity contribution is 5.79. The van der Waals surface area contributed by atoms with Gasteiger partial charge in [0, 0.05) is 41.6 Å². The highest BCUT2D eigenvalue weighted by Gasteiger charge is 2.33. The first-order valence-electron chi connectivity index (χ1n) is 11.1. The molecule has 3 aromatic rings. The third-order valence-corrected chi connectivity index (χ3v) is 6.27. The zero-order valence-electron chi connectivity index (χ0n) is 19.7. The number of phenolic OH excluding ortho intramolecular Hbond substituents is 1. The maximum Gasteiger partial charge on any atom is 0.151 e. The summed E-state index contributed by atoms with van der Waals surface area (Å²) in [5.41, 5.74) is 4.03. The molecule has 32 heavy (non-hydrogen) atoms. The van der Waals surface area contributed by atoms with Gasteiger partial charge < -0.3 is 25.0 Å². The molecule has 2 atom stereocenters. The number of nitrogens with one attached hydrogen (secondary N) is 2. The molecule has 1 saturated heterocycles. The maximum atomic E-state index is 10.8. The van der Waals surface area contributed by atoms with E-state index < -0.39 is 0 Å². The van der Waals surface area contributed by atoms with E-state index in [2.05, 4.69) is 53.2 Å². The fraction of sp³-hybridized carbons (Fsp3) is 0.440. The van der Waals surface area contributed by atoms with Crippen LogP contribution in [0.1, 0.15) is 39.3 Å². The molecular formula is C25H33N5O2. The summed E-state index contributed by atoms with van der Waals surface area (Å²) in [5.74, 6) is 1.48. The van der Waals surface area contributed by atoms with E-state index >= 15 is 0 Å². The van der Waals surface area contributed by atoms with Gasteiger partial charge in [-0.3, -0.25) is 0 Å². The van der Waals surface area contributed by atoms with Crippen molar-refractivity contribution in [1.82, 2.24) is 20.5 Å². The summed E-state index contributed by atoms with van der Waals surface area (Å²) in [6.45, 7) is 8.70. The van der Waals surface area contributed by atoms with E-state index in [1.54, 1.807) is 13.2 Å². The molecule has 1 aliphatic heterocycles. The quantitative estimate of drug-likeness (QED) is 0.546. The maximum absolute atomic E-state index is 10.8. The number of ether oxygens (including phenoxy) is 1. The van der Waals surface area contributed by atoms with Crippen LogP contribution in [0.3, 0.4) is 0 Å². The monoisotopic (exact) mass is 435 g/mol. The van der Waals surface area contributed by atoms with Crippen LogP contribution in [0.5, 0.6) is 11.5 Å². The van der Waals surface area contributed by atoms with E-state index in [0.29, 0.717) is 29.1 Å². The highest BCUT2D eigenvalue weighted by atomic mass is 16.5. The van der Waals surface area contributed by atoms with Gasteiger partial charge in [-0.15, -0.1) is 10.2 Å². The molecule has 7 heteroatoms. The first kappa shape index (κ1) is 22.1. The molecule has 4 rings (SSSR count). The molecule has 1 aliphatic rings. The van der Waals surface area contributed by atoms with Gasteiger partial charge in [-0.2, -0.15) is 0 Å². The second kappa shape index (κ2) is 8.47. The summed E-state index contributed by atoms with van der Waals surface area (Å²) in [7, 11) is 3.67. The Morgan fingerprint density at radius 1 is 1.16 bits per heavy atom. The van der Waals surface area contributed by atoms with E-state index in [0.717, 1.165) is 35.6 Å². The number of hydrogen-bond acceptors (Lipinski definition) is 6. The largest absolute Gasteiger partial charge is 0.507 e. The Balaban J connectivity index is 1.61. The van der Waals surface area contributed by atoms with Crippen LogP contribution in [-0.2, 0) is 0 Å². The van der Waals surface area contributed by atoms with Crippen LogP contribution in [0, 0.1) is 6.92 Å². The lowest BCUT2D eigenvalue weighted by molar-refractivity contribution is 0.225. The van der Waals surface area contributed by atoms with Gasteiger partial charge in [0.15, 0.2) is 5.82 Å². The fourth-order valence-electron chi connectivity index (χ4n) is 4.84. The number of methoxy groups -OCH3 is 1. The van der Waals surface area contributed by atoms with Crippen molar-refractivity contribution in [2.75, 3.05) is 19.1 Å². The van der Waals surface area contributed by atoms with Crippen LogP contribution in [0.2, 0.25) is 0 Å². The van der Waals surface area contributed by atoms with Crippen LogP contribution in [0.4, 0.5) is 5.82 Å². The number of H-pyrrole nitrogens is 1. The molecule has 0 amide bonds. The van der Waals surface area contributed by atoms with Crippen molar-refractivity contribution in [1.29, 1.82) is 0 Å². The van der Waals surface area contributed by atoms with Gasteiger partial charge in [0.05, 0.1) is 12.7 Å². The van der Waals surface area contributed by atoms with Gasteiger partial charge in [-0.25, -0.2) is 0 Å². The topological polar surface area (TPSA) is 86.3 Å². The normalized spacial score (nSPS) is 20.2. The molecule has 0 radical (unpaired) electrons. The Morgan fingerprint density at radius 2 is 1.94 bits per heavy atom. The molecule has 0 bridgehead atoms. The van der Waals surface area contributed by atoms with E-state index in [9.17, 15) is 5.11 Å².